The highest BCUT2D eigenvalue weighted by Crippen LogP contribution is 2.18. The van der Waals surface area contributed by atoms with Crippen molar-refractivity contribution in [2.45, 2.75) is 374 Å². The fourth-order valence-electron chi connectivity index (χ4n) is 10.3. The maximum atomic E-state index is 12.9. The first kappa shape index (κ1) is 76.1. The molecule has 0 N–H and O–H groups in total. The smallest absolute Gasteiger partial charge is 0.306 e. The Kier molecular flexibility index (Phi) is 65.1. The van der Waals surface area contributed by atoms with E-state index in [0.717, 1.165) is 89.9 Å². The maximum Gasteiger partial charge on any atom is 0.306 e. The van der Waals surface area contributed by atoms with Crippen molar-refractivity contribution in [1.29, 1.82) is 0 Å². The molecule has 0 spiro atoms. The van der Waals surface area contributed by atoms with Crippen LogP contribution in [0.1, 0.15) is 367 Å². The monoisotopic (exact) mass is 1110 g/mol. The SMILES string of the molecule is CC/C=C\C/C=C\C/C=C\CCCCCCCCCC(=O)OC(COC(=O)CCCCCCCCCCCCCCCCC/C=C\C/C=C\CCCCCCC)COC(=O)CCCCCCCCCCCCCCCCCCC. The molecule has 0 heterocycles. The van der Waals surface area contributed by atoms with Gasteiger partial charge in [-0.25, -0.2) is 0 Å². The number of allylic oxidation sites excluding steroid dienone is 10. The van der Waals surface area contributed by atoms with E-state index >= 15 is 0 Å². The van der Waals surface area contributed by atoms with Crippen molar-refractivity contribution in [3.05, 3.63) is 60.8 Å². The number of hydrogen-bond donors (Lipinski definition) is 0. The van der Waals surface area contributed by atoms with Gasteiger partial charge in [0, 0.05) is 19.3 Å². The van der Waals surface area contributed by atoms with Crippen LogP contribution in [0.4, 0.5) is 0 Å². The first-order valence-corrected chi connectivity index (χ1v) is 34.8. The molecule has 0 aliphatic heterocycles. The lowest BCUT2D eigenvalue weighted by Gasteiger charge is -2.18. The van der Waals surface area contributed by atoms with Gasteiger partial charge in [0.1, 0.15) is 13.2 Å². The molecule has 0 saturated heterocycles. The predicted molar refractivity (Wildman–Crippen MR) is 344 cm³/mol. The molecular formula is C73H132O6. The van der Waals surface area contributed by atoms with Crippen LogP contribution in [-0.2, 0) is 28.6 Å². The van der Waals surface area contributed by atoms with E-state index in [0.29, 0.717) is 19.3 Å². The third-order valence-corrected chi connectivity index (χ3v) is 15.5. The lowest BCUT2D eigenvalue weighted by atomic mass is 10.0. The lowest BCUT2D eigenvalue weighted by molar-refractivity contribution is -0.167. The Hall–Kier alpha value is -2.89. The maximum absolute atomic E-state index is 12.9. The van der Waals surface area contributed by atoms with Gasteiger partial charge in [-0.3, -0.25) is 14.4 Å². The van der Waals surface area contributed by atoms with E-state index in [2.05, 4.69) is 81.5 Å². The molecule has 6 nitrogen and oxygen atoms in total. The second kappa shape index (κ2) is 67.6. The first-order valence-electron chi connectivity index (χ1n) is 34.8. The number of carbonyl (C=O) groups excluding carboxylic acids is 3. The van der Waals surface area contributed by atoms with E-state index in [1.54, 1.807) is 0 Å². The molecule has 460 valence electrons. The summed E-state index contributed by atoms with van der Waals surface area (Å²) in [4.78, 5) is 38.4. The van der Waals surface area contributed by atoms with Gasteiger partial charge in [-0.2, -0.15) is 0 Å². The average molecular weight is 1110 g/mol. The number of carbonyl (C=O) groups is 3. The van der Waals surface area contributed by atoms with Gasteiger partial charge in [-0.15, -0.1) is 0 Å². The zero-order valence-corrected chi connectivity index (χ0v) is 52.9. The molecule has 0 aliphatic carbocycles. The van der Waals surface area contributed by atoms with Crippen LogP contribution in [0, 0.1) is 0 Å². The molecule has 0 aromatic rings. The highest BCUT2D eigenvalue weighted by atomic mass is 16.6. The van der Waals surface area contributed by atoms with Gasteiger partial charge in [0.15, 0.2) is 6.10 Å². The molecule has 0 radical (unpaired) electrons. The predicted octanol–water partition coefficient (Wildman–Crippen LogP) is 23.9. The number of rotatable bonds is 64. The summed E-state index contributed by atoms with van der Waals surface area (Å²) in [5.74, 6) is -0.860. The summed E-state index contributed by atoms with van der Waals surface area (Å²) < 4.78 is 17.0. The summed E-state index contributed by atoms with van der Waals surface area (Å²) in [6.07, 6.45) is 86.7. The Bertz CT molecular complexity index is 1410. The molecule has 0 bridgehead atoms. The van der Waals surface area contributed by atoms with E-state index in [9.17, 15) is 14.4 Å². The summed E-state index contributed by atoms with van der Waals surface area (Å²) in [6, 6.07) is 0. The van der Waals surface area contributed by atoms with Gasteiger partial charge in [0.25, 0.3) is 0 Å². The Morgan fingerprint density at radius 3 is 0.772 bits per heavy atom. The summed E-state index contributed by atoms with van der Waals surface area (Å²) in [5.41, 5.74) is 0. The average Bonchev–Trinajstić information content (AvgIpc) is 3.45. The molecule has 6 heteroatoms. The highest BCUT2D eigenvalue weighted by molar-refractivity contribution is 5.71. The van der Waals surface area contributed by atoms with E-state index in [4.69, 9.17) is 14.2 Å². The van der Waals surface area contributed by atoms with Gasteiger partial charge in [0.2, 0.25) is 0 Å². The van der Waals surface area contributed by atoms with Gasteiger partial charge < -0.3 is 14.2 Å². The van der Waals surface area contributed by atoms with Crippen LogP contribution >= 0.6 is 0 Å². The van der Waals surface area contributed by atoms with Crippen molar-refractivity contribution in [3.63, 3.8) is 0 Å². The summed E-state index contributed by atoms with van der Waals surface area (Å²) >= 11 is 0. The second-order valence-electron chi connectivity index (χ2n) is 23.4. The van der Waals surface area contributed by atoms with E-state index in [-0.39, 0.29) is 31.1 Å². The Morgan fingerprint density at radius 2 is 0.494 bits per heavy atom. The zero-order valence-electron chi connectivity index (χ0n) is 52.9. The molecule has 0 fully saturated rings. The fraction of sp³-hybridized carbons (Fsp3) is 0.822. The molecule has 0 aromatic heterocycles. The molecule has 0 rings (SSSR count). The number of esters is 3. The molecule has 0 aliphatic rings. The van der Waals surface area contributed by atoms with Crippen LogP contribution in [0.15, 0.2) is 60.8 Å². The standard InChI is InChI=1S/C73H132O6/c1-4-7-10-13-16-19-22-25-28-31-32-33-34-35-36-37-38-39-40-43-45-48-51-54-57-60-63-66-72(75)78-69-70(79-73(76)67-64-61-58-55-52-49-46-42-30-27-24-21-18-15-12-9-6-3)68-77-71(74)65-62-59-56-53-50-47-44-41-29-26-23-20-17-14-11-8-5-2/h9,12,18,21-22,25,27,30-32,70H,4-8,10-11,13-17,19-20,23-24,26,28-29,33-69H2,1-3H3/b12-9-,21-18-,25-22-,30-27-,32-31-. The van der Waals surface area contributed by atoms with Gasteiger partial charge in [-0.1, -0.05) is 326 Å². The highest BCUT2D eigenvalue weighted by Gasteiger charge is 2.19. The summed E-state index contributed by atoms with van der Waals surface area (Å²) in [6.45, 7) is 6.57. The molecular weight excluding hydrogens is 973 g/mol. The minimum atomic E-state index is -0.779. The van der Waals surface area contributed by atoms with Gasteiger partial charge in [0.05, 0.1) is 0 Å². The molecule has 1 atom stereocenters. The Balaban J connectivity index is 4.27. The van der Waals surface area contributed by atoms with E-state index < -0.39 is 6.10 Å². The Labute approximate surface area is 491 Å². The largest absolute Gasteiger partial charge is 0.462 e. The molecule has 0 aromatic carbocycles. The zero-order chi connectivity index (χ0) is 57.1. The van der Waals surface area contributed by atoms with Crippen molar-refractivity contribution >= 4 is 17.9 Å². The second-order valence-corrected chi connectivity index (χ2v) is 23.4. The van der Waals surface area contributed by atoms with Gasteiger partial charge >= 0.3 is 17.9 Å². The fourth-order valence-corrected chi connectivity index (χ4v) is 10.3. The minimum Gasteiger partial charge on any atom is -0.462 e. The van der Waals surface area contributed by atoms with Crippen LogP contribution < -0.4 is 0 Å². The van der Waals surface area contributed by atoms with Crippen molar-refractivity contribution in [2.75, 3.05) is 13.2 Å². The summed E-state index contributed by atoms with van der Waals surface area (Å²) in [5, 5.41) is 0. The van der Waals surface area contributed by atoms with Crippen LogP contribution in [0.3, 0.4) is 0 Å². The van der Waals surface area contributed by atoms with E-state index in [1.807, 2.05) is 0 Å². The third-order valence-electron chi connectivity index (χ3n) is 15.5. The quantitative estimate of drug-likeness (QED) is 0.0261. The van der Waals surface area contributed by atoms with Crippen LogP contribution in [0.25, 0.3) is 0 Å². The van der Waals surface area contributed by atoms with Gasteiger partial charge in [-0.05, 0) is 83.5 Å². The number of unbranched alkanes of at least 4 members (excludes halogenated alkanes) is 43. The van der Waals surface area contributed by atoms with Crippen molar-refractivity contribution in [2.24, 2.45) is 0 Å². The lowest BCUT2D eigenvalue weighted by Crippen LogP contribution is -2.30. The molecule has 79 heavy (non-hydrogen) atoms. The number of ether oxygens (including phenoxy) is 3. The van der Waals surface area contributed by atoms with Crippen molar-refractivity contribution in [1.82, 2.24) is 0 Å². The van der Waals surface area contributed by atoms with Crippen LogP contribution in [0.2, 0.25) is 0 Å². The normalized spacial score (nSPS) is 12.4. The summed E-state index contributed by atoms with van der Waals surface area (Å²) in [7, 11) is 0. The first-order chi connectivity index (χ1) is 39.0. The Morgan fingerprint density at radius 1 is 0.266 bits per heavy atom. The van der Waals surface area contributed by atoms with Crippen LogP contribution in [-0.4, -0.2) is 37.2 Å². The third kappa shape index (κ3) is 65.8. The molecule has 0 amide bonds. The van der Waals surface area contributed by atoms with Crippen molar-refractivity contribution < 1.29 is 28.6 Å². The number of hydrogen-bond acceptors (Lipinski definition) is 6. The van der Waals surface area contributed by atoms with Crippen molar-refractivity contribution in [3.8, 4) is 0 Å². The van der Waals surface area contributed by atoms with E-state index in [1.165, 1.54) is 238 Å². The molecule has 1 unspecified atom stereocenters. The minimum absolute atomic E-state index is 0.0738. The van der Waals surface area contributed by atoms with Crippen LogP contribution in [0.5, 0.6) is 0 Å². The molecule has 0 saturated carbocycles. The topological polar surface area (TPSA) is 78.9 Å².